The van der Waals surface area contributed by atoms with Gasteiger partial charge >= 0.3 is 17.9 Å². The molecule has 0 bridgehead atoms. The van der Waals surface area contributed by atoms with Crippen LogP contribution in [-0.2, 0) is 28.6 Å². The van der Waals surface area contributed by atoms with Gasteiger partial charge in [-0.3, -0.25) is 29.1 Å². The highest BCUT2D eigenvalue weighted by molar-refractivity contribution is 5.71. The Morgan fingerprint density at radius 3 is 1.23 bits per heavy atom. The van der Waals surface area contributed by atoms with E-state index in [0.717, 1.165) is 19.6 Å². The Morgan fingerprint density at radius 2 is 1.00 bits per heavy atom. The lowest BCUT2D eigenvalue weighted by Crippen LogP contribution is -2.42. The third-order valence-corrected chi connectivity index (χ3v) is 5.09. The van der Waals surface area contributed by atoms with Gasteiger partial charge in [0.05, 0.1) is 31.3 Å². The predicted molar refractivity (Wildman–Crippen MR) is 104 cm³/mol. The number of hydrogen-bond acceptors (Lipinski definition) is 10. The summed E-state index contributed by atoms with van der Waals surface area (Å²) < 4.78 is 15.9. The van der Waals surface area contributed by atoms with Crippen molar-refractivity contribution in [3.05, 3.63) is 19.6 Å². The van der Waals surface area contributed by atoms with Crippen LogP contribution in [0.25, 0.3) is 0 Å². The fraction of sp³-hybridized carbons (Fsp3) is 0.700. The Labute approximate surface area is 177 Å². The molecule has 3 aliphatic rings. The van der Waals surface area contributed by atoms with Gasteiger partial charge in [-0.1, -0.05) is 0 Å². The third-order valence-electron chi connectivity index (χ3n) is 5.09. The summed E-state index contributed by atoms with van der Waals surface area (Å²) in [5.74, 6) is -1.25. The van der Waals surface area contributed by atoms with Crippen molar-refractivity contribution in [1.29, 1.82) is 0 Å². The highest BCUT2D eigenvalue weighted by Crippen LogP contribution is 2.21. The second-order valence-electron chi connectivity index (χ2n) is 7.92. The van der Waals surface area contributed by atoms with Crippen LogP contribution < -0.4 is 0 Å². The van der Waals surface area contributed by atoms with Gasteiger partial charge in [0.25, 0.3) is 0 Å². The molecule has 10 heteroatoms. The number of rotatable bonds is 16. The van der Waals surface area contributed by atoms with E-state index in [0.29, 0.717) is 19.6 Å². The maximum absolute atomic E-state index is 12.0. The molecule has 3 atom stereocenters. The van der Waals surface area contributed by atoms with Crippen molar-refractivity contribution < 1.29 is 33.7 Å². The van der Waals surface area contributed by atoms with Crippen molar-refractivity contribution in [2.45, 2.75) is 19.3 Å². The number of carbonyl (C=O) groups excluding carboxylic acids is 3. The zero-order chi connectivity index (χ0) is 21.4. The molecule has 30 heavy (non-hydrogen) atoms. The molecular weight excluding hydrogens is 394 g/mol. The molecular formula is C20H30N3O7. The van der Waals surface area contributed by atoms with Gasteiger partial charge < -0.3 is 19.3 Å². The second-order valence-corrected chi connectivity index (χ2v) is 7.92. The van der Waals surface area contributed by atoms with Gasteiger partial charge in [0.15, 0.2) is 0 Å². The molecule has 3 aliphatic heterocycles. The number of aliphatic hydroxyl groups excluding tert-OH is 1. The SMILES string of the molecule is O=C(CCN1[CH]C1)OCC(CO)(COC(=O)CCN1[CH]C1)COC(=O)CCN1[CH]C1. The van der Waals surface area contributed by atoms with Gasteiger partial charge in [-0.05, 0) is 0 Å². The van der Waals surface area contributed by atoms with Crippen molar-refractivity contribution in [1.82, 2.24) is 14.7 Å². The summed E-state index contributed by atoms with van der Waals surface area (Å²) in [7, 11) is 0. The number of ether oxygens (including phenoxy) is 3. The molecule has 10 nitrogen and oxygen atoms in total. The largest absolute Gasteiger partial charge is 0.465 e. The van der Waals surface area contributed by atoms with E-state index in [4.69, 9.17) is 14.2 Å². The van der Waals surface area contributed by atoms with Crippen LogP contribution in [0.3, 0.4) is 0 Å². The molecule has 1 N–H and O–H groups in total. The van der Waals surface area contributed by atoms with Crippen LogP contribution in [0.4, 0.5) is 0 Å². The maximum Gasteiger partial charge on any atom is 0.307 e. The average molecular weight is 424 g/mol. The van der Waals surface area contributed by atoms with E-state index in [1.807, 2.05) is 34.3 Å². The molecule has 0 aromatic carbocycles. The summed E-state index contributed by atoms with van der Waals surface area (Å²) in [6, 6.07) is 0. The zero-order valence-corrected chi connectivity index (χ0v) is 17.2. The standard InChI is InChI=1S/C20H30N3O7/c24-13-20(14-28-17(25)1-4-21-7-8-21,15-29-18(26)2-5-22-9-10-22)16-30-19(27)3-6-23-11-12-23/h7,9,11,24H,1-6,8,10,12-16H2. The summed E-state index contributed by atoms with van der Waals surface area (Å²) in [6.45, 7) is 9.18. The maximum atomic E-state index is 12.0. The molecule has 0 aliphatic carbocycles. The number of nitrogens with zero attached hydrogens (tertiary/aromatic N) is 3. The first-order valence-electron chi connectivity index (χ1n) is 10.3. The van der Waals surface area contributed by atoms with Gasteiger partial charge in [-0.25, -0.2) is 0 Å². The molecule has 0 saturated carbocycles. The van der Waals surface area contributed by atoms with E-state index < -0.39 is 29.9 Å². The summed E-state index contributed by atoms with van der Waals surface area (Å²) >= 11 is 0. The molecule has 3 saturated heterocycles. The van der Waals surface area contributed by atoms with Crippen LogP contribution in [0.15, 0.2) is 0 Å². The van der Waals surface area contributed by atoms with E-state index in [1.165, 1.54) is 0 Å². The van der Waals surface area contributed by atoms with Crippen molar-refractivity contribution >= 4 is 17.9 Å². The van der Waals surface area contributed by atoms with E-state index in [9.17, 15) is 19.5 Å². The molecule has 0 amide bonds. The molecule has 167 valence electrons. The van der Waals surface area contributed by atoms with E-state index in [1.54, 1.807) is 0 Å². The van der Waals surface area contributed by atoms with Gasteiger partial charge in [-0.15, -0.1) is 0 Å². The lowest BCUT2D eigenvalue weighted by molar-refractivity contribution is -0.165. The fourth-order valence-corrected chi connectivity index (χ4v) is 2.60. The average Bonchev–Trinajstić information content (AvgIpc) is 3.58. The minimum Gasteiger partial charge on any atom is -0.465 e. The van der Waals surface area contributed by atoms with Crippen LogP contribution in [0.5, 0.6) is 0 Å². The minimum absolute atomic E-state index is 0.202. The molecule has 0 spiro atoms. The minimum atomic E-state index is -1.19. The molecule has 0 aromatic rings. The van der Waals surface area contributed by atoms with Gasteiger partial charge in [0.2, 0.25) is 0 Å². The second kappa shape index (κ2) is 11.0. The molecule has 3 heterocycles. The Hall–Kier alpha value is -1.75. The predicted octanol–water partition coefficient (Wildman–Crippen LogP) is -0.803. The number of hydrogen-bond donors (Lipinski definition) is 1. The van der Waals surface area contributed by atoms with Gasteiger partial charge in [0, 0.05) is 58.9 Å². The van der Waals surface area contributed by atoms with Gasteiger partial charge in [-0.2, -0.15) is 0 Å². The summed E-state index contributed by atoms with van der Waals surface area (Å²) in [6.07, 6.45) is 0.656. The van der Waals surface area contributed by atoms with Crippen molar-refractivity contribution in [3.63, 3.8) is 0 Å². The smallest absolute Gasteiger partial charge is 0.307 e. The third kappa shape index (κ3) is 8.95. The normalized spacial score (nSPS) is 18.7. The number of aliphatic hydroxyl groups is 1. The highest BCUT2D eigenvalue weighted by atomic mass is 16.6. The van der Waals surface area contributed by atoms with Crippen molar-refractivity contribution in [2.75, 3.05) is 65.7 Å². The van der Waals surface area contributed by atoms with Crippen molar-refractivity contribution in [2.24, 2.45) is 5.41 Å². The van der Waals surface area contributed by atoms with Crippen LogP contribution in [0.2, 0.25) is 0 Å². The van der Waals surface area contributed by atoms with Crippen LogP contribution in [0.1, 0.15) is 19.3 Å². The van der Waals surface area contributed by atoms with E-state index in [-0.39, 0.29) is 39.1 Å². The Morgan fingerprint density at radius 1 is 0.700 bits per heavy atom. The number of carbonyl (C=O) groups is 3. The summed E-state index contributed by atoms with van der Waals surface area (Å²) in [5, 5.41) is 9.99. The lowest BCUT2D eigenvalue weighted by Gasteiger charge is -2.30. The monoisotopic (exact) mass is 424 g/mol. The van der Waals surface area contributed by atoms with Crippen LogP contribution >= 0.6 is 0 Å². The van der Waals surface area contributed by atoms with Crippen molar-refractivity contribution in [3.8, 4) is 0 Å². The highest BCUT2D eigenvalue weighted by Gasteiger charge is 2.36. The lowest BCUT2D eigenvalue weighted by atomic mass is 9.92. The number of esters is 3. The first-order chi connectivity index (χ1) is 14.5. The first kappa shape index (κ1) is 22.9. The van der Waals surface area contributed by atoms with E-state index in [2.05, 4.69) is 0 Å². The molecule has 3 radical (unpaired) electrons. The molecule has 3 fully saturated rings. The fourth-order valence-electron chi connectivity index (χ4n) is 2.60. The topological polar surface area (TPSA) is 108 Å². The van der Waals surface area contributed by atoms with Crippen LogP contribution in [-0.4, -0.2) is 103 Å². The molecule has 0 aromatic heterocycles. The van der Waals surface area contributed by atoms with Crippen LogP contribution in [0, 0.1) is 25.0 Å². The van der Waals surface area contributed by atoms with E-state index >= 15 is 0 Å². The summed E-state index contributed by atoms with van der Waals surface area (Å²) in [5.41, 5.74) is -1.19. The quantitative estimate of drug-likeness (QED) is 0.192. The molecule has 3 unspecified atom stereocenters. The Bertz CT molecular complexity index is 524. The Balaban J connectivity index is 1.45. The Kier molecular flexibility index (Phi) is 8.43. The molecule has 3 rings (SSSR count). The first-order valence-corrected chi connectivity index (χ1v) is 10.3. The van der Waals surface area contributed by atoms with Gasteiger partial charge in [0.1, 0.15) is 19.8 Å². The zero-order valence-electron chi connectivity index (χ0n) is 17.2. The summed E-state index contributed by atoms with van der Waals surface area (Å²) in [4.78, 5) is 41.9.